The fourth-order valence-electron chi connectivity index (χ4n) is 1.80. The van der Waals surface area contributed by atoms with Crippen molar-refractivity contribution in [2.75, 3.05) is 6.61 Å². The Kier molecular flexibility index (Phi) is 3.02. The van der Waals surface area contributed by atoms with E-state index in [9.17, 15) is 4.79 Å². The van der Waals surface area contributed by atoms with Crippen molar-refractivity contribution in [3.05, 3.63) is 35.4 Å². The summed E-state index contributed by atoms with van der Waals surface area (Å²) < 4.78 is 10.4. The second kappa shape index (κ2) is 4.45. The molecule has 15 heavy (non-hydrogen) atoms. The van der Waals surface area contributed by atoms with Gasteiger partial charge in [-0.05, 0) is 18.1 Å². The van der Waals surface area contributed by atoms with E-state index in [1.165, 1.54) is 5.56 Å². The van der Waals surface area contributed by atoms with E-state index in [0.29, 0.717) is 19.6 Å². The minimum absolute atomic E-state index is 0.125. The first-order valence-corrected chi connectivity index (χ1v) is 5.16. The topological polar surface area (TPSA) is 35.5 Å². The van der Waals surface area contributed by atoms with Gasteiger partial charge in [0.15, 0.2) is 0 Å². The van der Waals surface area contributed by atoms with Gasteiger partial charge in [-0.3, -0.25) is 4.79 Å². The molecule has 1 atom stereocenters. The molecule has 0 spiro atoms. The van der Waals surface area contributed by atoms with Gasteiger partial charge in [0.2, 0.25) is 0 Å². The monoisotopic (exact) mass is 206 g/mol. The van der Waals surface area contributed by atoms with Gasteiger partial charge >= 0.3 is 5.97 Å². The standard InChI is InChI=1S/C12H14O3/c1-2-14-12(13)7-11-10-6-4-3-5-9(10)8-15-11/h3-6,11H,2,7-8H2,1H3/t11-/m0/s1. The van der Waals surface area contributed by atoms with E-state index in [-0.39, 0.29) is 12.1 Å². The van der Waals surface area contributed by atoms with Crippen molar-refractivity contribution in [2.24, 2.45) is 0 Å². The van der Waals surface area contributed by atoms with Gasteiger partial charge in [0.05, 0.1) is 25.7 Å². The number of hydrogen-bond acceptors (Lipinski definition) is 3. The molecular weight excluding hydrogens is 192 g/mol. The Bertz CT molecular complexity index is 360. The molecule has 1 aliphatic heterocycles. The Morgan fingerprint density at radius 2 is 2.33 bits per heavy atom. The van der Waals surface area contributed by atoms with Crippen molar-refractivity contribution >= 4 is 5.97 Å². The second-order valence-electron chi connectivity index (χ2n) is 3.51. The van der Waals surface area contributed by atoms with Crippen LogP contribution in [0.2, 0.25) is 0 Å². The lowest BCUT2D eigenvalue weighted by Gasteiger charge is -2.09. The third kappa shape index (κ3) is 2.18. The maximum absolute atomic E-state index is 11.3. The molecule has 0 bridgehead atoms. The van der Waals surface area contributed by atoms with Crippen molar-refractivity contribution in [2.45, 2.75) is 26.1 Å². The third-order valence-corrected chi connectivity index (χ3v) is 2.50. The van der Waals surface area contributed by atoms with Gasteiger partial charge in [-0.2, -0.15) is 0 Å². The molecule has 1 aromatic rings. The number of fused-ring (bicyclic) bond motifs is 1. The first-order chi connectivity index (χ1) is 7.31. The third-order valence-electron chi connectivity index (χ3n) is 2.50. The van der Waals surface area contributed by atoms with E-state index in [1.807, 2.05) is 24.3 Å². The lowest BCUT2D eigenvalue weighted by atomic mass is 10.0. The predicted molar refractivity (Wildman–Crippen MR) is 55.2 cm³/mol. The summed E-state index contributed by atoms with van der Waals surface area (Å²) >= 11 is 0. The SMILES string of the molecule is CCOC(=O)C[C@@H]1OCc2ccccc21. The number of ether oxygens (including phenoxy) is 2. The van der Waals surface area contributed by atoms with Crippen molar-refractivity contribution in [1.29, 1.82) is 0 Å². The van der Waals surface area contributed by atoms with Gasteiger partial charge in [0, 0.05) is 0 Å². The van der Waals surface area contributed by atoms with E-state index < -0.39 is 0 Å². The van der Waals surface area contributed by atoms with Gasteiger partial charge in [-0.15, -0.1) is 0 Å². The number of carbonyl (C=O) groups excluding carboxylic acids is 1. The van der Waals surface area contributed by atoms with Crippen LogP contribution in [0.5, 0.6) is 0 Å². The van der Waals surface area contributed by atoms with Crippen LogP contribution in [0, 0.1) is 0 Å². The minimum Gasteiger partial charge on any atom is -0.466 e. The van der Waals surface area contributed by atoms with E-state index in [2.05, 4.69) is 0 Å². The number of hydrogen-bond donors (Lipinski definition) is 0. The molecule has 80 valence electrons. The second-order valence-corrected chi connectivity index (χ2v) is 3.51. The van der Waals surface area contributed by atoms with E-state index in [4.69, 9.17) is 9.47 Å². The maximum Gasteiger partial charge on any atom is 0.308 e. The Morgan fingerprint density at radius 3 is 3.13 bits per heavy atom. The summed E-state index contributed by atoms with van der Waals surface area (Å²) in [7, 11) is 0. The maximum atomic E-state index is 11.3. The van der Waals surface area contributed by atoms with Crippen molar-refractivity contribution in [3.8, 4) is 0 Å². The lowest BCUT2D eigenvalue weighted by Crippen LogP contribution is -2.09. The zero-order chi connectivity index (χ0) is 10.7. The van der Waals surface area contributed by atoms with Crippen LogP contribution in [0.3, 0.4) is 0 Å². The van der Waals surface area contributed by atoms with Crippen molar-refractivity contribution in [3.63, 3.8) is 0 Å². The first-order valence-electron chi connectivity index (χ1n) is 5.16. The minimum atomic E-state index is -0.195. The Balaban J connectivity index is 2.04. The Morgan fingerprint density at radius 1 is 1.53 bits per heavy atom. The normalized spacial score (nSPS) is 18.6. The highest BCUT2D eigenvalue weighted by atomic mass is 16.5. The highest BCUT2D eigenvalue weighted by molar-refractivity contribution is 5.70. The molecular formula is C12H14O3. The molecule has 0 saturated heterocycles. The van der Waals surface area contributed by atoms with Crippen LogP contribution >= 0.6 is 0 Å². The molecule has 0 aliphatic carbocycles. The molecule has 2 rings (SSSR count). The Labute approximate surface area is 89.0 Å². The van der Waals surface area contributed by atoms with Crippen LogP contribution in [-0.4, -0.2) is 12.6 Å². The summed E-state index contributed by atoms with van der Waals surface area (Å²) in [6, 6.07) is 7.98. The van der Waals surface area contributed by atoms with Gasteiger partial charge in [-0.1, -0.05) is 24.3 Å². The van der Waals surface area contributed by atoms with E-state index in [1.54, 1.807) is 6.92 Å². The van der Waals surface area contributed by atoms with Crippen molar-refractivity contribution < 1.29 is 14.3 Å². The summed E-state index contributed by atoms with van der Waals surface area (Å²) in [5.74, 6) is -0.195. The molecule has 0 aromatic heterocycles. The van der Waals surface area contributed by atoms with Crippen LogP contribution in [0.4, 0.5) is 0 Å². The molecule has 1 heterocycles. The molecule has 1 aliphatic rings. The quantitative estimate of drug-likeness (QED) is 0.711. The van der Waals surface area contributed by atoms with E-state index in [0.717, 1.165) is 5.56 Å². The lowest BCUT2D eigenvalue weighted by molar-refractivity contribution is -0.146. The summed E-state index contributed by atoms with van der Waals surface area (Å²) in [6.45, 7) is 2.83. The fraction of sp³-hybridized carbons (Fsp3) is 0.417. The summed E-state index contributed by atoms with van der Waals surface area (Å²) in [4.78, 5) is 11.3. The van der Waals surface area contributed by atoms with Crippen LogP contribution in [-0.2, 0) is 20.9 Å². The van der Waals surface area contributed by atoms with Crippen LogP contribution in [0.1, 0.15) is 30.6 Å². The fourth-order valence-corrected chi connectivity index (χ4v) is 1.80. The number of benzene rings is 1. The van der Waals surface area contributed by atoms with Gasteiger partial charge in [0.25, 0.3) is 0 Å². The molecule has 0 unspecified atom stereocenters. The number of esters is 1. The van der Waals surface area contributed by atoms with Gasteiger partial charge < -0.3 is 9.47 Å². The number of rotatable bonds is 3. The largest absolute Gasteiger partial charge is 0.466 e. The van der Waals surface area contributed by atoms with Gasteiger partial charge in [-0.25, -0.2) is 0 Å². The van der Waals surface area contributed by atoms with Crippen molar-refractivity contribution in [1.82, 2.24) is 0 Å². The van der Waals surface area contributed by atoms with E-state index >= 15 is 0 Å². The van der Waals surface area contributed by atoms with Crippen LogP contribution in [0.25, 0.3) is 0 Å². The molecule has 3 heteroatoms. The highest BCUT2D eigenvalue weighted by Gasteiger charge is 2.25. The molecule has 0 amide bonds. The van der Waals surface area contributed by atoms with Gasteiger partial charge in [0.1, 0.15) is 0 Å². The van der Waals surface area contributed by atoms with Crippen LogP contribution < -0.4 is 0 Å². The summed E-state index contributed by atoms with van der Waals surface area (Å²) in [6.07, 6.45) is 0.186. The molecule has 3 nitrogen and oxygen atoms in total. The molecule has 1 aromatic carbocycles. The average Bonchev–Trinajstić information content (AvgIpc) is 2.62. The Hall–Kier alpha value is -1.35. The molecule has 0 fully saturated rings. The molecule has 0 radical (unpaired) electrons. The first kappa shape index (κ1) is 10.2. The highest BCUT2D eigenvalue weighted by Crippen LogP contribution is 2.32. The summed E-state index contributed by atoms with van der Waals surface area (Å²) in [5, 5.41) is 0. The predicted octanol–water partition coefficient (Wildman–Crippen LogP) is 2.21. The zero-order valence-electron chi connectivity index (χ0n) is 8.73. The molecule has 0 saturated carbocycles. The van der Waals surface area contributed by atoms with Crippen LogP contribution in [0.15, 0.2) is 24.3 Å². The smallest absolute Gasteiger partial charge is 0.308 e. The average molecular weight is 206 g/mol. The zero-order valence-corrected chi connectivity index (χ0v) is 8.73. The molecule has 0 N–H and O–H groups in total. The summed E-state index contributed by atoms with van der Waals surface area (Å²) in [5.41, 5.74) is 2.29. The number of carbonyl (C=O) groups is 1.